The van der Waals surface area contributed by atoms with Crippen LogP contribution >= 0.6 is 0 Å². The van der Waals surface area contributed by atoms with E-state index in [0.29, 0.717) is 32.1 Å². The molecule has 6 nitrogen and oxygen atoms in total. The molecule has 0 saturated carbocycles. The van der Waals surface area contributed by atoms with Gasteiger partial charge in [0, 0.05) is 24.8 Å². The van der Waals surface area contributed by atoms with Crippen LogP contribution in [0, 0.1) is 0 Å². The minimum absolute atomic E-state index is 0.0655. The number of morpholine rings is 1. The highest BCUT2D eigenvalue weighted by Crippen LogP contribution is 2.27. The van der Waals surface area contributed by atoms with E-state index >= 15 is 0 Å². The smallest absolute Gasteiger partial charge is 0.290 e. The molecule has 0 radical (unpaired) electrons. The molecule has 1 aliphatic heterocycles. The van der Waals surface area contributed by atoms with E-state index in [2.05, 4.69) is 4.98 Å². The van der Waals surface area contributed by atoms with E-state index in [0.717, 1.165) is 22.5 Å². The zero-order chi connectivity index (χ0) is 17.2. The summed E-state index contributed by atoms with van der Waals surface area (Å²) in [5.74, 6) is 1.16. The zero-order valence-electron chi connectivity index (χ0n) is 14.0. The summed E-state index contributed by atoms with van der Waals surface area (Å²) in [6.07, 6.45) is 1.88. The van der Waals surface area contributed by atoms with E-state index in [1.54, 1.807) is 12.0 Å². The number of carbonyl (C=O) groups is 1. The number of fused-ring (bicyclic) bond motifs is 1. The first kappa shape index (κ1) is 15.7. The second-order valence-electron chi connectivity index (χ2n) is 5.87. The molecule has 3 aromatic rings. The third-order valence-electron chi connectivity index (χ3n) is 4.40. The molecule has 0 N–H and O–H groups in total. The Bertz CT molecular complexity index is 896. The summed E-state index contributed by atoms with van der Waals surface area (Å²) >= 11 is 0. The van der Waals surface area contributed by atoms with Crippen molar-refractivity contribution in [3.8, 4) is 17.0 Å². The molecule has 0 unspecified atom stereocenters. The monoisotopic (exact) mass is 337 g/mol. The third kappa shape index (κ3) is 2.85. The van der Waals surface area contributed by atoms with Crippen molar-refractivity contribution in [2.24, 2.45) is 0 Å². The molecule has 0 spiro atoms. The Morgan fingerprint density at radius 1 is 1.12 bits per heavy atom. The molecule has 2 aromatic heterocycles. The highest BCUT2D eigenvalue weighted by molar-refractivity contribution is 5.94. The molecule has 1 aliphatic rings. The summed E-state index contributed by atoms with van der Waals surface area (Å²) in [6.45, 7) is 2.33. The number of rotatable bonds is 3. The first-order valence-corrected chi connectivity index (χ1v) is 8.26. The number of hydrogen-bond donors (Lipinski definition) is 0. The number of aromatic nitrogens is 2. The van der Waals surface area contributed by atoms with Crippen molar-refractivity contribution in [2.75, 3.05) is 33.4 Å². The molecule has 1 fully saturated rings. The van der Waals surface area contributed by atoms with Crippen LogP contribution in [0.1, 0.15) is 10.6 Å². The summed E-state index contributed by atoms with van der Waals surface area (Å²) in [5, 5.41) is 0. The SMILES string of the molecule is COc1ccc(-c2nc(C(=O)N3CCOCC3)n3ccccc23)cc1. The summed E-state index contributed by atoms with van der Waals surface area (Å²) in [5.41, 5.74) is 2.65. The molecule has 6 heteroatoms. The van der Waals surface area contributed by atoms with Gasteiger partial charge in [0.25, 0.3) is 5.91 Å². The lowest BCUT2D eigenvalue weighted by Crippen LogP contribution is -2.41. The van der Waals surface area contributed by atoms with Gasteiger partial charge in [0.05, 0.1) is 31.5 Å². The van der Waals surface area contributed by atoms with Crippen LogP contribution in [0.5, 0.6) is 5.75 Å². The highest BCUT2D eigenvalue weighted by atomic mass is 16.5. The third-order valence-corrected chi connectivity index (χ3v) is 4.40. The number of amides is 1. The maximum atomic E-state index is 12.9. The molecular formula is C19H19N3O3. The molecule has 1 aromatic carbocycles. The number of benzene rings is 1. The van der Waals surface area contributed by atoms with Gasteiger partial charge in [-0.25, -0.2) is 4.98 Å². The molecular weight excluding hydrogens is 318 g/mol. The number of nitrogens with zero attached hydrogens (tertiary/aromatic N) is 3. The Balaban J connectivity index is 1.79. The standard InChI is InChI=1S/C19H19N3O3/c1-24-15-7-5-14(6-8-15)17-16-4-2-3-9-22(16)18(20-17)19(23)21-10-12-25-13-11-21/h2-9H,10-13H2,1H3. The first-order chi connectivity index (χ1) is 12.3. The molecule has 1 amide bonds. The van der Waals surface area contributed by atoms with Crippen molar-refractivity contribution in [1.29, 1.82) is 0 Å². The number of carbonyl (C=O) groups excluding carboxylic acids is 1. The van der Waals surface area contributed by atoms with Crippen molar-refractivity contribution in [3.63, 3.8) is 0 Å². The molecule has 25 heavy (non-hydrogen) atoms. The Kier molecular flexibility index (Phi) is 4.11. The molecule has 3 heterocycles. The normalized spacial score (nSPS) is 14.7. The van der Waals surface area contributed by atoms with E-state index in [9.17, 15) is 4.79 Å². The van der Waals surface area contributed by atoms with Crippen LogP contribution < -0.4 is 4.74 Å². The van der Waals surface area contributed by atoms with Gasteiger partial charge < -0.3 is 14.4 Å². The van der Waals surface area contributed by atoms with Gasteiger partial charge in [0.1, 0.15) is 5.75 Å². The van der Waals surface area contributed by atoms with E-state index in [4.69, 9.17) is 9.47 Å². The Morgan fingerprint density at radius 2 is 1.88 bits per heavy atom. The maximum Gasteiger partial charge on any atom is 0.290 e. The second-order valence-corrected chi connectivity index (χ2v) is 5.87. The largest absolute Gasteiger partial charge is 0.497 e. The molecule has 0 aliphatic carbocycles. The van der Waals surface area contributed by atoms with Gasteiger partial charge in [0.2, 0.25) is 5.82 Å². The fourth-order valence-electron chi connectivity index (χ4n) is 3.06. The maximum absolute atomic E-state index is 12.9. The number of imidazole rings is 1. The number of methoxy groups -OCH3 is 1. The lowest BCUT2D eigenvalue weighted by atomic mass is 10.1. The van der Waals surface area contributed by atoms with Gasteiger partial charge in [-0.3, -0.25) is 9.20 Å². The molecule has 128 valence electrons. The summed E-state index contributed by atoms with van der Waals surface area (Å²) in [6, 6.07) is 13.5. The minimum Gasteiger partial charge on any atom is -0.497 e. The lowest BCUT2D eigenvalue weighted by Gasteiger charge is -2.26. The Morgan fingerprint density at radius 3 is 2.60 bits per heavy atom. The summed E-state index contributed by atoms with van der Waals surface area (Å²) < 4.78 is 12.4. The van der Waals surface area contributed by atoms with Crippen LogP contribution in [0.2, 0.25) is 0 Å². The van der Waals surface area contributed by atoms with Gasteiger partial charge in [-0.2, -0.15) is 0 Å². The second kappa shape index (κ2) is 6.57. The number of pyridine rings is 1. The predicted molar refractivity (Wildman–Crippen MR) is 93.9 cm³/mol. The molecule has 0 bridgehead atoms. The van der Waals surface area contributed by atoms with Crippen LogP contribution in [0.3, 0.4) is 0 Å². The van der Waals surface area contributed by atoms with E-state index < -0.39 is 0 Å². The van der Waals surface area contributed by atoms with Crippen molar-refractivity contribution >= 4 is 11.4 Å². The van der Waals surface area contributed by atoms with E-state index in [1.165, 1.54) is 0 Å². The van der Waals surface area contributed by atoms with Crippen LogP contribution in [-0.4, -0.2) is 53.6 Å². The van der Waals surface area contributed by atoms with Gasteiger partial charge in [-0.1, -0.05) is 6.07 Å². The van der Waals surface area contributed by atoms with Crippen molar-refractivity contribution in [1.82, 2.24) is 14.3 Å². The van der Waals surface area contributed by atoms with E-state index in [1.807, 2.05) is 53.1 Å². The zero-order valence-corrected chi connectivity index (χ0v) is 14.0. The van der Waals surface area contributed by atoms with Gasteiger partial charge in [-0.05, 0) is 36.4 Å². The Labute approximate surface area is 145 Å². The van der Waals surface area contributed by atoms with E-state index in [-0.39, 0.29) is 5.91 Å². The van der Waals surface area contributed by atoms with Crippen molar-refractivity contribution in [3.05, 3.63) is 54.5 Å². The fourth-order valence-corrected chi connectivity index (χ4v) is 3.06. The minimum atomic E-state index is -0.0655. The van der Waals surface area contributed by atoms with Crippen LogP contribution in [-0.2, 0) is 4.74 Å². The average molecular weight is 337 g/mol. The van der Waals surface area contributed by atoms with Crippen molar-refractivity contribution in [2.45, 2.75) is 0 Å². The van der Waals surface area contributed by atoms with Crippen molar-refractivity contribution < 1.29 is 14.3 Å². The quantitative estimate of drug-likeness (QED) is 0.737. The topological polar surface area (TPSA) is 56.1 Å². The highest BCUT2D eigenvalue weighted by Gasteiger charge is 2.24. The average Bonchev–Trinajstić information content (AvgIpc) is 3.08. The Hall–Kier alpha value is -2.86. The lowest BCUT2D eigenvalue weighted by molar-refractivity contribution is 0.0294. The summed E-state index contributed by atoms with van der Waals surface area (Å²) in [7, 11) is 1.64. The number of hydrogen-bond acceptors (Lipinski definition) is 4. The number of ether oxygens (including phenoxy) is 2. The molecule has 1 saturated heterocycles. The van der Waals surface area contributed by atoms with Crippen LogP contribution in [0.4, 0.5) is 0 Å². The predicted octanol–water partition coefficient (Wildman–Crippen LogP) is 2.48. The molecule has 4 rings (SSSR count). The van der Waals surface area contributed by atoms with Crippen LogP contribution in [0.15, 0.2) is 48.7 Å². The summed E-state index contributed by atoms with van der Waals surface area (Å²) in [4.78, 5) is 19.4. The fraction of sp³-hybridized carbons (Fsp3) is 0.263. The van der Waals surface area contributed by atoms with Crippen LogP contribution in [0.25, 0.3) is 16.8 Å². The molecule has 0 atom stereocenters. The first-order valence-electron chi connectivity index (χ1n) is 8.26. The van der Waals surface area contributed by atoms with Gasteiger partial charge in [-0.15, -0.1) is 0 Å². The van der Waals surface area contributed by atoms with Gasteiger partial charge >= 0.3 is 0 Å². The van der Waals surface area contributed by atoms with Gasteiger partial charge in [0.15, 0.2) is 0 Å².